The average molecular weight is 471 g/mol. The molecule has 4 bridgehead atoms. The van der Waals surface area contributed by atoms with Gasteiger partial charge in [0.2, 0.25) is 5.91 Å². The fraction of sp³-hybridized carbons (Fsp3) is 0.594. The van der Waals surface area contributed by atoms with Crippen LogP contribution in [-0.2, 0) is 16.6 Å². The number of hydrogen-bond acceptors (Lipinski definition) is 2. The minimum Gasteiger partial charge on any atom is -0.342 e. The van der Waals surface area contributed by atoms with E-state index in [0.717, 1.165) is 51.1 Å². The van der Waals surface area contributed by atoms with Gasteiger partial charge in [0, 0.05) is 19.1 Å². The molecule has 1 heterocycles. The van der Waals surface area contributed by atoms with Gasteiger partial charge in [0.15, 0.2) is 0 Å². The fourth-order valence-electron chi connectivity index (χ4n) is 8.96. The number of aryl methyl sites for hydroxylation is 1. The molecule has 1 saturated heterocycles. The number of hydrogen-bond donors (Lipinski definition) is 1. The second-order valence-corrected chi connectivity index (χ2v) is 13.2. The number of nitrogens with zero attached hydrogens (tertiary/aromatic N) is 1. The summed E-state index contributed by atoms with van der Waals surface area (Å²) >= 11 is 0. The molecule has 2 aromatic rings. The Labute approximate surface area is 211 Å². The second kappa shape index (κ2) is 8.47. The van der Waals surface area contributed by atoms with Crippen LogP contribution < -0.4 is 5.73 Å². The standard InChI is InChI=1S/C32H42N2O/c1-30(2)22-34(16-15-28(30)33)29(35)32-19-24-17-31(21-32,26-11-7-4-8-12-26)18-25(20-32)27(24)14-13-23-9-5-3-6-10-23/h3-12,24-25,27-28H,13-22,33H2,1-2H3/t24?,25?,27?,28-,31?,32?/m0/s1. The molecular formula is C32H42N2O. The molecule has 0 radical (unpaired) electrons. The molecule has 5 aliphatic rings. The van der Waals surface area contributed by atoms with Crippen LogP contribution in [0.1, 0.15) is 69.9 Å². The van der Waals surface area contributed by atoms with Crippen LogP contribution in [0.15, 0.2) is 60.7 Å². The highest BCUT2D eigenvalue weighted by Crippen LogP contribution is 2.68. The van der Waals surface area contributed by atoms with E-state index in [9.17, 15) is 4.79 Å². The molecule has 186 valence electrons. The van der Waals surface area contributed by atoms with Crippen LogP contribution in [0, 0.1) is 28.6 Å². The second-order valence-electron chi connectivity index (χ2n) is 13.2. The first-order chi connectivity index (χ1) is 16.8. The molecule has 1 amide bonds. The first-order valence-electron chi connectivity index (χ1n) is 13.9. The Morgan fingerprint density at radius 2 is 1.57 bits per heavy atom. The predicted molar refractivity (Wildman–Crippen MR) is 142 cm³/mol. The minimum atomic E-state index is -0.178. The Morgan fingerprint density at radius 1 is 0.943 bits per heavy atom. The van der Waals surface area contributed by atoms with Gasteiger partial charge < -0.3 is 10.6 Å². The molecule has 35 heavy (non-hydrogen) atoms. The monoisotopic (exact) mass is 470 g/mol. The first-order valence-corrected chi connectivity index (χ1v) is 13.9. The zero-order chi connectivity index (χ0) is 24.3. The Balaban J connectivity index is 1.30. The number of rotatable bonds is 5. The molecule has 3 heteroatoms. The van der Waals surface area contributed by atoms with Crippen LogP contribution in [-0.4, -0.2) is 29.9 Å². The summed E-state index contributed by atoms with van der Waals surface area (Å²) in [5, 5.41) is 0. The summed E-state index contributed by atoms with van der Waals surface area (Å²) < 4.78 is 0. The molecule has 0 aromatic heterocycles. The molecular weight excluding hydrogens is 428 g/mol. The van der Waals surface area contributed by atoms with Crippen LogP contribution in [0.25, 0.3) is 0 Å². The predicted octanol–water partition coefficient (Wildman–Crippen LogP) is 5.97. The van der Waals surface area contributed by atoms with E-state index >= 15 is 0 Å². The molecule has 3 nitrogen and oxygen atoms in total. The van der Waals surface area contributed by atoms with Crippen molar-refractivity contribution < 1.29 is 4.79 Å². The molecule has 2 N–H and O–H groups in total. The summed E-state index contributed by atoms with van der Waals surface area (Å²) in [6, 6.07) is 22.4. The van der Waals surface area contributed by atoms with E-state index < -0.39 is 0 Å². The van der Waals surface area contributed by atoms with Crippen LogP contribution >= 0.6 is 0 Å². The van der Waals surface area contributed by atoms with Crippen molar-refractivity contribution in [2.75, 3.05) is 13.1 Å². The molecule has 5 fully saturated rings. The van der Waals surface area contributed by atoms with Crippen molar-refractivity contribution in [1.82, 2.24) is 4.90 Å². The quantitative estimate of drug-likeness (QED) is 0.585. The number of nitrogens with two attached hydrogens (primary N) is 1. The van der Waals surface area contributed by atoms with Crippen LogP contribution in [0.4, 0.5) is 0 Å². The van der Waals surface area contributed by atoms with Gasteiger partial charge >= 0.3 is 0 Å². The van der Waals surface area contributed by atoms with Crippen LogP contribution in [0.5, 0.6) is 0 Å². The number of piperidine rings is 1. The number of likely N-dealkylation sites (tertiary alicyclic amines) is 1. The third-order valence-electron chi connectivity index (χ3n) is 10.5. The lowest BCUT2D eigenvalue weighted by molar-refractivity contribution is -0.171. The van der Waals surface area contributed by atoms with E-state index in [1.54, 1.807) is 0 Å². The van der Waals surface area contributed by atoms with Crippen molar-refractivity contribution in [3.05, 3.63) is 71.8 Å². The minimum absolute atomic E-state index is 0.00839. The van der Waals surface area contributed by atoms with Gasteiger partial charge in [-0.2, -0.15) is 0 Å². The lowest BCUT2D eigenvalue weighted by atomic mass is 9.39. The van der Waals surface area contributed by atoms with E-state index in [2.05, 4.69) is 79.4 Å². The maximum absolute atomic E-state index is 14.4. The molecule has 0 spiro atoms. The summed E-state index contributed by atoms with van der Waals surface area (Å²) in [4.78, 5) is 16.6. The van der Waals surface area contributed by atoms with E-state index in [1.807, 2.05) is 0 Å². The summed E-state index contributed by atoms with van der Waals surface area (Å²) in [5.41, 5.74) is 9.36. The van der Waals surface area contributed by atoms with E-state index in [4.69, 9.17) is 5.73 Å². The molecule has 2 unspecified atom stereocenters. The molecule has 3 atom stereocenters. The maximum Gasteiger partial charge on any atom is 0.228 e. The smallest absolute Gasteiger partial charge is 0.228 e. The maximum atomic E-state index is 14.4. The van der Waals surface area contributed by atoms with Gasteiger partial charge in [-0.1, -0.05) is 74.5 Å². The van der Waals surface area contributed by atoms with Gasteiger partial charge in [0.25, 0.3) is 0 Å². The zero-order valence-corrected chi connectivity index (χ0v) is 21.6. The summed E-state index contributed by atoms with van der Waals surface area (Å²) in [5.74, 6) is 2.52. The third kappa shape index (κ3) is 3.95. The van der Waals surface area contributed by atoms with Crippen molar-refractivity contribution in [1.29, 1.82) is 0 Å². The summed E-state index contributed by atoms with van der Waals surface area (Å²) in [6.45, 7) is 6.11. The van der Waals surface area contributed by atoms with Crippen molar-refractivity contribution in [2.24, 2.45) is 34.3 Å². The highest BCUT2D eigenvalue weighted by Gasteiger charge is 2.64. The highest BCUT2D eigenvalue weighted by atomic mass is 16.2. The van der Waals surface area contributed by atoms with Gasteiger partial charge in [0.05, 0.1) is 5.41 Å². The van der Waals surface area contributed by atoms with Gasteiger partial charge in [-0.25, -0.2) is 0 Å². The molecule has 1 aliphatic heterocycles. The molecule has 4 aliphatic carbocycles. The van der Waals surface area contributed by atoms with Gasteiger partial charge in [-0.05, 0) is 91.1 Å². The number of amides is 1. The number of carbonyl (C=O) groups is 1. The third-order valence-corrected chi connectivity index (χ3v) is 10.5. The van der Waals surface area contributed by atoms with E-state index in [1.165, 1.54) is 30.4 Å². The van der Waals surface area contributed by atoms with Crippen molar-refractivity contribution in [3.63, 3.8) is 0 Å². The first kappa shape index (κ1) is 23.3. The lowest BCUT2D eigenvalue weighted by Crippen LogP contribution is -2.64. The van der Waals surface area contributed by atoms with Crippen LogP contribution in [0.2, 0.25) is 0 Å². The van der Waals surface area contributed by atoms with Gasteiger partial charge in [-0.3, -0.25) is 4.79 Å². The fourth-order valence-corrected chi connectivity index (χ4v) is 8.96. The SMILES string of the molecule is CC1(C)CN(C(=O)C23CC4CC(c5ccccc5)(CC(C2)C4CCc2ccccc2)C3)CC[C@@H]1N. The summed E-state index contributed by atoms with van der Waals surface area (Å²) in [7, 11) is 0. The number of carbonyl (C=O) groups excluding carboxylic acids is 1. The van der Waals surface area contributed by atoms with Gasteiger partial charge in [-0.15, -0.1) is 0 Å². The Hall–Kier alpha value is -2.13. The van der Waals surface area contributed by atoms with Gasteiger partial charge in [0.1, 0.15) is 0 Å². The van der Waals surface area contributed by atoms with E-state index in [-0.39, 0.29) is 22.3 Å². The number of benzene rings is 2. The molecule has 4 saturated carbocycles. The van der Waals surface area contributed by atoms with Crippen molar-refractivity contribution >= 4 is 5.91 Å². The highest BCUT2D eigenvalue weighted by molar-refractivity contribution is 5.84. The Bertz CT molecular complexity index is 1050. The molecule has 7 rings (SSSR count). The molecule has 2 aromatic carbocycles. The Morgan fingerprint density at radius 3 is 2.20 bits per heavy atom. The van der Waals surface area contributed by atoms with Crippen LogP contribution in [0.3, 0.4) is 0 Å². The van der Waals surface area contributed by atoms with E-state index in [0.29, 0.717) is 17.7 Å². The zero-order valence-electron chi connectivity index (χ0n) is 21.6. The normalized spacial score (nSPS) is 37.4. The Kier molecular flexibility index (Phi) is 5.64. The topological polar surface area (TPSA) is 46.3 Å². The average Bonchev–Trinajstić information content (AvgIpc) is 2.85. The largest absolute Gasteiger partial charge is 0.342 e. The lowest BCUT2D eigenvalue weighted by Gasteiger charge is -2.65. The van der Waals surface area contributed by atoms with Crippen molar-refractivity contribution in [3.8, 4) is 0 Å². The van der Waals surface area contributed by atoms with Crippen molar-refractivity contribution in [2.45, 2.75) is 76.7 Å². The summed E-state index contributed by atoms with van der Waals surface area (Å²) in [6.07, 6.45) is 9.11.